The zero-order chi connectivity index (χ0) is 18.8. The number of fused-ring (bicyclic) bond motifs is 1. The number of thiophene rings is 1. The molecular formula is C20H13BrN4S2. The van der Waals surface area contributed by atoms with Crippen LogP contribution in [0.1, 0.15) is 4.88 Å². The predicted octanol–water partition coefficient (Wildman–Crippen LogP) is 6.75. The standard InChI is InChI=1S/C20H13BrN4S2/c1-12-17(13-2-4-14(21)5-3-13)18-19(23-11-24-20(18)27-12)25-15-6-8-16(9-7-15)26-10-22/h2-9,11H,1H3,(H,23,24,25). The number of hydrogen-bond acceptors (Lipinski definition) is 6. The van der Waals surface area contributed by atoms with Crippen LogP contribution in [-0.2, 0) is 0 Å². The second kappa shape index (κ2) is 7.69. The molecule has 0 radical (unpaired) electrons. The number of aromatic nitrogens is 2. The van der Waals surface area contributed by atoms with Gasteiger partial charge in [0.2, 0.25) is 0 Å². The van der Waals surface area contributed by atoms with Crippen LogP contribution in [0.3, 0.4) is 0 Å². The fourth-order valence-corrected chi connectivity index (χ4v) is 4.55. The Morgan fingerprint density at radius 3 is 2.52 bits per heavy atom. The summed E-state index contributed by atoms with van der Waals surface area (Å²) in [5.41, 5.74) is 3.21. The minimum Gasteiger partial charge on any atom is -0.340 e. The Hall–Kier alpha value is -2.40. The number of hydrogen-bond donors (Lipinski definition) is 1. The van der Waals surface area contributed by atoms with Crippen LogP contribution in [0.5, 0.6) is 0 Å². The molecule has 0 spiro atoms. The van der Waals surface area contributed by atoms with Gasteiger partial charge in [-0.15, -0.1) is 11.3 Å². The van der Waals surface area contributed by atoms with E-state index < -0.39 is 0 Å². The number of nitrogens with zero attached hydrogens (tertiary/aromatic N) is 3. The molecule has 7 heteroatoms. The van der Waals surface area contributed by atoms with Gasteiger partial charge in [-0.3, -0.25) is 0 Å². The van der Waals surface area contributed by atoms with E-state index in [9.17, 15) is 0 Å². The largest absolute Gasteiger partial charge is 0.340 e. The molecule has 4 rings (SSSR count). The van der Waals surface area contributed by atoms with E-state index in [0.717, 1.165) is 54.0 Å². The lowest BCUT2D eigenvalue weighted by Crippen LogP contribution is -1.95. The number of anilines is 2. The van der Waals surface area contributed by atoms with Gasteiger partial charge in [0.05, 0.1) is 5.39 Å². The second-order valence-electron chi connectivity index (χ2n) is 5.79. The molecule has 132 valence electrons. The summed E-state index contributed by atoms with van der Waals surface area (Å²) in [6.07, 6.45) is 1.59. The molecule has 0 amide bonds. The quantitative estimate of drug-likeness (QED) is 0.274. The summed E-state index contributed by atoms with van der Waals surface area (Å²) < 4.78 is 1.05. The maximum absolute atomic E-state index is 8.78. The molecule has 0 atom stereocenters. The summed E-state index contributed by atoms with van der Waals surface area (Å²) in [4.78, 5) is 12.0. The van der Waals surface area contributed by atoms with E-state index in [-0.39, 0.29) is 0 Å². The molecule has 0 saturated heterocycles. The molecule has 0 unspecified atom stereocenters. The molecule has 0 aliphatic rings. The fourth-order valence-electron chi connectivity index (χ4n) is 2.90. The molecule has 2 aromatic heterocycles. The van der Waals surface area contributed by atoms with Gasteiger partial charge in [-0.25, -0.2) is 9.97 Å². The van der Waals surface area contributed by atoms with Crippen molar-refractivity contribution in [2.75, 3.05) is 5.32 Å². The third kappa shape index (κ3) is 3.69. The molecule has 1 N–H and O–H groups in total. The Balaban J connectivity index is 1.79. The lowest BCUT2D eigenvalue weighted by atomic mass is 10.0. The number of thioether (sulfide) groups is 1. The van der Waals surface area contributed by atoms with Crippen molar-refractivity contribution in [2.45, 2.75) is 11.8 Å². The van der Waals surface area contributed by atoms with E-state index in [1.807, 2.05) is 36.4 Å². The first-order chi connectivity index (χ1) is 13.2. The Labute approximate surface area is 173 Å². The van der Waals surface area contributed by atoms with Crippen LogP contribution in [0.15, 0.2) is 64.2 Å². The van der Waals surface area contributed by atoms with Crippen molar-refractivity contribution in [1.29, 1.82) is 5.26 Å². The zero-order valence-corrected chi connectivity index (χ0v) is 17.5. The first-order valence-corrected chi connectivity index (χ1v) is 10.5. The highest BCUT2D eigenvalue weighted by atomic mass is 79.9. The van der Waals surface area contributed by atoms with Gasteiger partial charge in [-0.2, -0.15) is 5.26 Å². The maximum atomic E-state index is 8.78. The minimum atomic E-state index is 0.781. The smallest absolute Gasteiger partial charge is 0.143 e. The van der Waals surface area contributed by atoms with Crippen molar-refractivity contribution in [2.24, 2.45) is 0 Å². The highest BCUT2D eigenvalue weighted by molar-refractivity contribution is 9.10. The molecule has 2 heterocycles. The molecule has 27 heavy (non-hydrogen) atoms. The lowest BCUT2D eigenvalue weighted by Gasteiger charge is -2.09. The molecule has 2 aromatic carbocycles. The number of halogens is 1. The minimum absolute atomic E-state index is 0.781. The molecule has 0 aliphatic heterocycles. The van der Waals surface area contributed by atoms with Gasteiger partial charge >= 0.3 is 0 Å². The Kier molecular flexibility index (Phi) is 5.12. The summed E-state index contributed by atoms with van der Waals surface area (Å²) in [6.45, 7) is 2.11. The van der Waals surface area contributed by atoms with Crippen LogP contribution >= 0.6 is 39.0 Å². The summed E-state index contributed by atoms with van der Waals surface area (Å²) >= 11 is 6.31. The highest BCUT2D eigenvalue weighted by Crippen LogP contribution is 2.41. The molecule has 4 aromatic rings. The Morgan fingerprint density at radius 2 is 1.81 bits per heavy atom. The lowest BCUT2D eigenvalue weighted by molar-refractivity contribution is 1.23. The molecule has 0 saturated carbocycles. The number of nitriles is 1. The van der Waals surface area contributed by atoms with Gasteiger partial charge in [0.15, 0.2) is 0 Å². The number of rotatable bonds is 4. The van der Waals surface area contributed by atoms with Gasteiger partial charge in [-0.05, 0) is 60.6 Å². The van der Waals surface area contributed by atoms with Crippen molar-refractivity contribution in [3.05, 3.63) is 64.2 Å². The zero-order valence-electron chi connectivity index (χ0n) is 14.2. The van der Waals surface area contributed by atoms with Gasteiger partial charge in [0, 0.05) is 25.5 Å². The fraction of sp³-hybridized carbons (Fsp3) is 0.0500. The van der Waals surface area contributed by atoms with Crippen molar-refractivity contribution in [3.8, 4) is 16.5 Å². The van der Waals surface area contributed by atoms with E-state index in [0.29, 0.717) is 0 Å². The average Bonchev–Trinajstić information content (AvgIpc) is 3.01. The average molecular weight is 453 g/mol. The summed E-state index contributed by atoms with van der Waals surface area (Å²) in [5.74, 6) is 0.781. The summed E-state index contributed by atoms with van der Waals surface area (Å²) in [6, 6.07) is 16.0. The number of thiocyanates is 1. The van der Waals surface area contributed by atoms with E-state index in [2.05, 4.69) is 55.7 Å². The van der Waals surface area contributed by atoms with Crippen LogP contribution < -0.4 is 5.32 Å². The summed E-state index contributed by atoms with van der Waals surface area (Å²) in [7, 11) is 0. The van der Waals surface area contributed by atoms with Gasteiger partial charge in [0.25, 0.3) is 0 Å². The second-order valence-corrected chi connectivity index (χ2v) is 8.76. The van der Waals surface area contributed by atoms with Crippen LogP contribution in [0, 0.1) is 17.6 Å². The Bertz CT molecular complexity index is 1150. The van der Waals surface area contributed by atoms with Gasteiger partial charge < -0.3 is 5.32 Å². The highest BCUT2D eigenvalue weighted by Gasteiger charge is 2.17. The van der Waals surface area contributed by atoms with Crippen molar-refractivity contribution < 1.29 is 0 Å². The van der Waals surface area contributed by atoms with Crippen molar-refractivity contribution in [1.82, 2.24) is 9.97 Å². The van der Waals surface area contributed by atoms with Gasteiger partial charge in [0.1, 0.15) is 22.4 Å². The van der Waals surface area contributed by atoms with Crippen molar-refractivity contribution >= 4 is 60.8 Å². The summed E-state index contributed by atoms with van der Waals surface area (Å²) in [5, 5.41) is 15.3. The Morgan fingerprint density at radius 1 is 1.07 bits per heavy atom. The maximum Gasteiger partial charge on any atom is 0.143 e. The van der Waals surface area contributed by atoms with Gasteiger partial charge in [-0.1, -0.05) is 28.1 Å². The SMILES string of the molecule is Cc1sc2ncnc(Nc3ccc(SC#N)cc3)c2c1-c1ccc(Br)cc1. The molecule has 4 nitrogen and oxygen atoms in total. The first kappa shape index (κ1) is 18.0. The predicted molar refractivity (Wildman–Crippen MR) is 116 cm³/mol. The third-order valence-corrected chi connectivity index (χ3v) is 6.22. The van der Waals surface area contributed by atoms with Crippen molar-refractivity contribution in [3.63, 3.8) is 0 Å². The monoisotopic (exact) mass is 452 g/mol. The third-order valence-electron chi connectivity index (χ3n) is 4.08. The number of aryl methyl sites for hydroxylation is 1. The van der Waals surface area contributed by atoms with E-state index >= 15 is 0 Å². The van der Waals surface area contributed by atoms with Crippen LogP contribution in [0.2, 0.25) is 0 Å². The first-order valence-electron chi connectivity index (χ1n) is 8.09. The molecule has 0 fully saturated rings. The molecule has 0 aliphatic carbocycles. The van der Waals surface area contributed by atoms with E-state index in [4.69, 9.17) is 5.26 Å². The van der Waals surface area contributed by atoms with E-state index in [1.165, 1.54) is 4.88 Å². The number of benzene rings is 2. The van der Waals surface area contributed by atoms with Crippen LogP contribution in [0.4, 0.5) is 11.5 Å². The molecular weight excluding hydrogens is 440 g/mol. The van der Waals surface area contributed by atoms with Crippen LogP contribution in [-0.4, -0.2) is 9.97 Å². The van der Waals surface area contributed by atoms with Crippen LogP contribution in [0.25, 0.3) is 21.3 Å². The topological polar surface area (TPSA) is 61.6 Å². The van der Waals surface area contributed by atoms with E-state index in [1.54, 1.807) is 17.7 Å². The molecule has 0 bridgehead atoms. The number of nitrogens with one attached hydrogen (secondary N) is 1. The normalized spacial score (nSPS) is 10.7.